The molecule has 4 saturated carbocycles. The molecule has 0 heterocycles. The fourth-order valence-corrected chi connectivity index (χ4v) is 12.8. The Labute approximate surface area is 261 Å². The fraction of sp³-hybridized carbons (Fsp3) is 1.00. The molecule has 0 unspecified atom stereocenters. The molecule has 278 valence electrons. The van der Waals surface area contributed by atoms with E-state index in [-0.39, 0.29) is 12.5 Å². The molecule has 0 amide bonds. The van der Waals surface area contributed by atoms with E-state index in [0.717, 1.165) is 32.1 Å². The first-order chi connectivity index (χ1) is 20.9. The summed E-state index contributed by atoms with van der Waals surface area (Å²) in [5.41, 5.74) is -1.36. The summed E-state index contributed by atoms with van der Waals surface area (Å²) in [4.78, 5) is 0. The van der Waals surface area contributed by atoms with Gasteiger partial charge in [-0.2, -0.15) is 74.6 Å². The van der Waals surface area contributed by atoms with Gasteiger partial charge in [0.25, 0.3) is 0 Å². The van der Waals surface area contributed by atoms with E-state index in [2.05, 4.69) is 0 Å². The van der Waals surface area contributed by atoms with E-state index in [1.54, 1.807) is 0 Å². The smallest absolute Gasteiger partial charge is 0.416 e. The Morgan fingerprint density at radius 3 is 1.26 bits per heavy atom. The third-order valence-corrected chi connectivity index (χ3v) is 16.5. The Morgan fingerprint density at radius 1 is 0.532 bits per heavy atom. The monoisotopic (exact) mass is 740 g/mol. The number of hydrogen-bond donors (Lipinski definition) is 0. The zero-order valence-electron chi connectivity index (χ0n) is 25.7. The Hall–Kier alpha value is -1.01. The average molecular weight is 741 g/mol. The zero-order chi connectivity index (χ0) is 36.6. The molecule has 4 rings (SSSR count). The van der Waals surface area contributed by atoms with Gasteiger partial charge in [-0.1, -0.05) is 27.7 Å². The summed E-state index contributed by atoms with van der Waals surface area (Å²) in [6.45, 7) is 5.80. The van der Waals surface area contributed by atoms with Crippen molar-refractivity contribution in [2.75, 3.05) is 6.61 Å². The van der Waals surface area contributed by atoms with Gasteiger partial charge in [-0.25, -0.2) is 0 Å². The largest absolute Gasteiger partial charge is 0.460 e. The van der Waals surface area contributed by atoms with Crippen LogP contribution >= 0.6 is 0 Å². The molecule has 4 fully saturated rings. The number of rotatable bonds is 15. The topological polar surface area (TPSA) is 9.23 Å². The van der Waals surface area contributed by atoms with Crippen molar-refractivity contribution in [3.8, 4) is 0 Å². The summed E-state index contributed by atoms with van der Waals surface area (Å²) >= 11 is 0. The molecule has 0 aliphatic heterocycles. The maximum atomic E-state index is 14.8. The summed E-state index contributed by atoms with van der Waals surface area (Å²) in [5, 5.41) is 0. The molecule has 0 spiro atoms. The molecular formula is C28H37F17OSi. The highest BCUT2D eigenvalue weighted by molar-refractivity contribution is 6.76. The molecule has 4 aliphatic rings. The highest BCUT2D eigenvalue weighted by atomic mass is 28.4. The first-order valence-corrected chi connectivity index (χ1v) is 17.5. The fourth-order valence-electron chi connectivity index (χ4n) is 8.25. The second kappa shape index (κ2) is 12.3. The van der Waals surface area contributed by atoms with E-state index in [1.807, 2.05) is 0 Å². The first kappa shape index (κ1) is 40.4. The highest BCUT2D eigenvalue weighted by Gasteiger charge is 2.95. The maximum Gasteiger partial charge on any atom is 0.460 e. The molecule has 4 aliphatic carbocycles. The van der Waals surface area contributed by atoms with Crippen LogP contribution in [0.5, 0.6) is 0 Å². The lowest BCUT2D eigenvalue weighted by atomic mass is 9.51. The number of halogens is 17. The second-order valence-corrected chi connectivity index (χ2v) is 19.2. The molecule has 0 aromatic rings. The van der Waals surface area contributed by atoms with E-state index in [4.69, 9.17) is 4.43 Å². The van der Waals surface area contributed by atoms with Gasteiger partial charge in [0.05, 0.1) is 0 Å². The molecule has 0 radical (unpaired) electrons. The minimum Gasteiger partial charge on any atom is -0.416 e. The van der Waals surface area contributed by atoms with Crippen LogP contribution in [0, 0.1) is 29.6 Å². The summed E-state index contributed by atoms with van der Waals surface area (Å²) in [6, 6.07) is -1.13. The van der Waals surface area contributed by atoms with Crippen molar-refractivity contribution in [1.82, 2.24) is 0 Å². The third kappa shape index (κ3) is 6.18. The molecule has 0 saturated heterocycles. The molecule has 1 nitrogen and oxygen atoms in total. The molecule has 0 aromatic carbocycles. The van der Waals surface area contributed by atoms with Crippen LogP contribution in [0.3, 0.4) is 0 Å². The molecule has 0 aromatic heterocycles. The van der Waals surface area contributed by atoms with Crippen LogP contribution in [-0.4, -0.2) is 62.6 Å². The van der Waals surface area contributed by atoms with Crippen LogP contribution in [0.15, 0.2) is 0 Å². The van der Waals surface area contributed by atoms with Gasteiger partial charge in [0.15, 0.2) is 8.32 Å². The Kier molecular flexibility index (Phi) is 10.6. The summed E-state index contributed by atoms with van der Waals surface area (Å²) in [7, 11) is -3.72. The van der Waals surface area contributed by atoms with Gasteiger partial charge in [-0.3, -0.25) is 0 Å². The van der Waals surface area contributed by atoms with E-state index in [9.17, 15) is 74.6 Å². The summed E-state index contributed by atoms with van der Waals surface area (Å²) in [6.07, 6.45) is -4.45. The van der Waals surface area contributed by atoms with Gasteiger partial charge in [0, 0.05) is 13.0 Å². The Bertz CT molecular complexity index is 1070. The van der Waals surface area contributed by atoms with Gasteiger partial charge in [0.1, 0.15) is 0 Å². The second-order valence-electron chi connectivity index (χ2n) is 14.1. The van der Waals surface area contributed by atoms with Crippen molar-refractivity contribution in [3.05, 3.63) is 0 Å². The Balaban J connectivity index is 1.84. The zero-order valence-corrected chi connectivity index (χ0v) is 26.7. The van der Waals surface area contributed by atoms with Gasteiger partial charge < -0.3 is 4.43 Å². The molecule has 19 heteroatoms. The van der Waals surface area contributed by atoms with E-state index < -0.39 is 79.5 Å². The molecule has 0 N–H and O–H groups in total. The van der Waals surface area contributed by atoms with Crippen LogP contribution in [0.4, 0.5) is 74.6 Å². The van der Waals surface area contributed by atoms with E-state index >= 15 is 0 Å². The van der Waals surface area contributed by atoms with E-state index in [0.29, 0.717) is 30.1 Å². The SMILES string of the molecule is CC(C)[Si](CCC(F)(F)C(F)(F)C(F)(F)C(F)(F)C(F)(F)C(F)(F)C(F)(F)C(F)(F)F)(OCCC1C2CC3CC(C2)CC1C3)C(C)C. The molecule has 47 heavy (non-hydrogen) atoms. The number of alkyl halides is 17. The van der Waals surface area contributed by atoms with E-state index in [1.165, 1.54) is 27.7 Å². The van der Waals surface area contributed by atoms with Crippen molar-refractivity contribution in [2.24, 2.45) is 29.6 Å². The standard InChI is InChI=1S/C28H37F17OSi/c1-14(2)47(15(3)4,46-7-5-20-18-10-16-9-17(12-18)13-19(20)11-16)8-6-21(29,30)22(31,32)23(33,34)24(35,36)25(37,38)26(39,40)27(41,42)28(43,44)45/h14-20H,5-13H2,1-4H3. The van der Waals surface area contributed by atoms with Crippen molar-refractivity contribution < 1.29 is 79.1 Å². The van der Waals surface area contributed by atoms with Crippen LogP contribution in [-0.2, 0) is 4.43 Å². The van der Waals surface area contributed by atoms with Gasteiger partial charge >= 0.3 is 47.6 Å². The van der Waals surface area contributed by atoms with Crippen molar-refractivity contribution >= 4 is 8.32 Å². The summed E-state index contributed by atoms with van der Waals surface area (Å²) in [5.74, 6) is -53.8. The molecule has 4 bridgehead atoms. The quantitative estimate of drug-likeness (QED) is 0.120. The van der Waals surface area contributed by atoms with Crippen molar-refractivity contribution in [3.63, 3.8) is 0 Å². The average Bonchev–Trinajstić information content (AvgIpc) is 2.89. The number of hydrogen-bond acceptors (Lipinski definition) is 1. The first-order valence-electron chi connectivity index (χ1n) is 15.2. The third-order valence-electron chi connectivity index (χ3n) is 10.8. The summed E-state index contributed by atoms with van der Waals surface area (Å²) < 4.78 is 240. The lowest BCUT2D eigenvalue weighted by molar-refractivity contribution is -0.461. The van der Waals surface area contributed by atoms with Crippen LogP contribution in [0.25, 0.3) is 0 Å². The molecule has 0 atom stereocenters. The lowest BCUT2D eigenvalue weighted by Gasteiger charge is -2.54. The molecular weight excluding hydrogens is 703 g/mol. The van der Waals surface area contributed by atoms with Gasteiger partial charge in [0.2, 0.25) is 0 Å². The van der Waals surface area contributed by atoms with Crippen molar-refractivity contribution in [2.45, 2.75) is 137 Å². The Morgan fingerprint density at radius 2 is 0.894 bits per heavy atom. The maximum absolute atomic E-state index is 14.8. The minimum absolute atomic E-state index is 0.0273. The minimum atomic E-state index is -8.61. The van der Waals surface area contributed by atoms with Crippen molar-refractivity contribution in [1.29, 1.82) is 0 Å². The lowest BCUT2D eigenvalue weighted by Crippen LogP contribution is -2.74. The normalized spacial score (nSPS) is 27.0. The van der Waals surface area contributed by atoms with Gasteiger partial charge in [-0.05, 0) is 85.2 Å². The predicted octanol–water partition coefficient (Wildman–Crippen LogP) is 11.6. The van der Waals surface area contributed by atoms with Crippen LogP contribution in [0.2, 0.25) is 17.1 Å². The highest BCUT2D eigenvalue weighted by Crippen LogP contribution is 2.65. The predicted molar refractivity (Wildman–Crippen MR) is 137 cm³/mol. The van der Waals surface area contributed by atoms with Gasteiger partial charge in [-0.15, -0.1) is 0 Å². The van der Waals surface area contributed by atoms with Crippen LogP contribution in [0.1, 0.15) is 72.6 Å². The van der Waals surface area contributed by atoms with Crippen LogP contribution < -0.4 is 0 Å².